The van der Waals surface area contributed by atoms with Crippen LogP contribution < -0.4 is 5.73 Å². The number of hydrogen-bond acceptors (Lipinski definition) is 2. The van der Waals surface area contributed by atoms with E-state index in [2.05, 4.69) is 0 Å². The Morgan fingerprint density at radius 2 is 1.83 bits per heavy atom. The number of thiophene rings is 1. The molecule has 0 radical (unpaired) electrons. The van der Waals surface area contributed by atoms with E-state index in [4.69, 9.17) is 40.5 Å². The van der Waals surface area contributed by atoms with E-state index in [0.717, 1.165) is 4.88 Å². The number of rotatable bonds is 2. The van der Waals surface area contributed by atoms with Crippen molar-refractivity contribution in [2.45, 2.75) is 12.5 Å². The van der Waals surface area contributed by atoms with E-state index < -0.39 is 11.4 Å². The van der Waals surface area contributed by atoms with Crippen LogP contribution in [0.2, 0.25) is 14.4 Å². The quantitative estimate of drug-likeness (QED) is 0.767. The number of nitrogens with two attached hydrogens (primary N) is 1. The minimum Gasteiger partial charge on any atom is -0.317 e. The highest BCUT2D eigenvalue weighted by atomic mass is 35.5. The summed E-state index contributed by atoms with van der Waals surface area (Å²) in [6, 6.07) is 6.16. The van der Waals surface area contributed by atoms with Crippen LogP contribution in [-0.4, -0.2) is 0 Å². The molecule has 0 fully saturated rings. The monoisotopic (exact) mass is 323 g/mol. The van der Waals surface area contributed by atoms with E-state index in [9.17, 15) is 4.39 Å². The first-order chi connectivity index (χ1) is 8.32. The Morgan fingerprint density at radius 3 is 2.39 bits per heavy atom. The Morgan fingerprint density at radius 1 is 1.17 bits per heavy atom. The molecule has 1 heterocycles. The summed E-state index contributed by atoms with van der Waals surface area (Å²) in [6.07, 6.45) is 0. The Kier molecular flexibility index (Phi) is 3.90. The summed E-state index contributed by atoms with van der Waals surface area (Å²) >= 11 is 19.0. The van der Waals surface area contributed by atoms with Gasteiger partial charge in [-0.25, -0.2) is 4.39 Å². The lowest BCUT2D eigenvalue weighted by Crippen LogP contribution is -2.33. The summed E-state index contributed by atoms with van der Waals surface area (Å²) in [7, 11) is 0. The highest BCUT2D eigenvalue weighted by molar-refractivity contribution is 7.16. The second-order valence-electron chi connectivity index (χ2n) is 4.05. The number of hydrogen-bond donors (Lipinski definition) is 1. The molecule has 2 aromatic rings. The fourth-order valence-electron chi connectivity index (χ4n) is 1.65. The average molecular weight is 325 g/mol. The third kappa shape index (κ3) is 2.51. The van der Waals surface area contributed by atoms with Crippen LogP contribution in [0, 0.1) is 5.82 Å². The first-order valence-corrected chi connectivity index (χ1v) is 6.97. The van der Waals surface area contributed by atoms with Crippen molar-refractivity contribution in [3.8, 4) is 0 Å². The minimum atomic E-state index is -0.916. The molecule has 0 spiro atoms. The topological polar surface area (TPSA) is 26.0 Å². The van der Waals surface area contributed by atoms with Gasteiger partial charge in [0.25, 0.3) is 0 Å². The molecule has 1 unspecified atom stereocenters. The zero-order valence-electron chi connectivity index (χ0n) is 9.31. The predicted octanol–water partition coefficient (Wildman–Crippen LogP) is 5.07. The van der Waals surface area contributed by atoms with Gasteiger partial charge in [0, 0.05) is 9.90 Å². The van der Waals surface area contributed by atoms with Crippen LogP contribution in [0.25, 0.3) is 0 Å². The molecule has 2 rings (SSSR count). The van der Waals surface area contributed by atoms with E-state index in [1.165, 1.54) is 23.5 Å². The van der Waals surface area contributed by atoms with Gasteiger partial charge in [0.05, 0.1) is 14.9 Å². The van der Waals surface area contributed by atoms with Crippen LogP contribution in [0.5, 0.6) is 0 Å². The SMILES string of the molecule is CC(N)(c1ccc(Cl)s1)c1cc(F)c(Cl)cc1Cl. The molecule has 0 aliphatic carbocycles. The smallest absolute Gasteiger partial charge is 0.142 e. The zero-order valence-corrected chi connectivity index (χ0v) is 12.4. The van der Waals surface area contributed by atoms with Crippen LogP contribution in [0.15, 0.2) is 24.3 Å². The second-order valence-corrected chi connectivity index (χ2v) is 6.58. The summed E-state index contributed by atoms with van der Waals surface area (Å²) in [5.41, 5.74) is 5.81. The summed E-state index contributed by atoms with van der Waals surface area (Å²) in [6.45, 7) is 1.75. The molecule has 96 valence electrons. The van der Waals surface area contributed by atoms with Crippen molar-refractivity contribution >= 4 is 46.1 Å². The highest BCUT2D eigenvalue weighted by Gasteiger charge is 2.29. The van der Waals surface area contributed by atoms with Crippen molar-refractivity contribution in [3.05, 3.63) is 54.9 Å². The number of benzene rings is 1. The summed E-state index contributed by atoms with van der Waals surface area (Å²) in [5.74, 6) is -0.546. The lowest BCUT2D eigenvalue weighted by Gasteiger charge is -2.25. The van der Waals surface area contributed by atoms with Crippen LogP contribution in [0.3, 0.4) is 0 Å². The molecule has 6 heteroatoms. The van der Waals surface area contributed by atoms with E-state index in [0.29, 0.717) is 14.9 Å². The van der Waals surface area contributed by atoms with Crippen molar-refractivity contribution in [3.63, 3.8) is 0 Å². The van der Waals surface area contributed by atoms with Crippen LogP contribution in [-0.2, 0) is 5.54 Å². The molecule has 0 amide bonds. The Balaban J connectivity index is 2.57. The maximum Gasteiger partial charge on any atom is 0.142 e. The highest BCUT2D eigenvalue weighted by Crippen LogP contribution is 2.38. The summed E-state index contributed by atoms with van der Waals surface area (Å²) in [4.78, 5) is 0.802. The Labute approximate surface area is 123 Å². The lowest BCUT2D eigenvalue weighted by molar-refractivity contribution is 0.590. The first kappa shape index (κ1) is 14.1. The van der Waals surface area contributed by atoms with Gasteiger partial charge < -0.3 is 5.73 Å². The molecule has 1 nitrogen and oxygen atoms in total. The molecule has 1 aromatic heterocycles. The normalized spacial score (nSPS) is 14.6. The van der Waals surface area contributed by atoms with Gasteiger partial charge in [0.2, 0.25) is 0 Å². The maximum absolute atomic E-state index is 13.5. The fourth-order valence-corrected chi connectivity index (χ4v) is 3.34. The van der Waals surface area contributed by atoms with E-state index in [1.54, 1.807) is 19.1 Å². The van der Waals surface area contributed by atoms with Gasteiger partial charge in [-0.3, -0.25) is 0 Å². The van der Waals surface area contributed by atoms with Crippen molar-refractivity contribution < 1.29 is 4.39 Å². The second kappa shape index (κ2) is 4.99. The molecule has 2 N–H and O–H groups in total. The Bertz CT molecular complexity index is 595. The summed E-state index contributed by atoms with van der Waals surface area (Å²) < 4.78 is 14.2. The molecule has 1 aromatic carbocycles. The van der Waals surface area contributed by atoms with Gasteiger partial charge in [0.1, 0.15) is 5.82 Å². The van der Waals surface area contributed by atoms with E-state index in [1.807, 2.05) is 0 Å². The molecule has 0 saturated heterocycles. The van der Waals surface area contributed by atoms with E-state index in [-0.39, 0.29) is 5.02 Å². The van der Waals surface area contributed by atoms with Crippen LogP contribution in [0.1, 0.15) is 17.4 Å². The predicted molar refractivity (Wildman–Crippen MR) is 76.4 cm³/mol. The molecule has 1 atom stereocenters. The van der Waals surface area contributed by atoms with Gasteiger partial charge >= 0.3 is 0 Å². The van der Waals surface area contributed by atoms with Crippen LogP contribution in [0.4, 0.5) is 4.39 Å². The fraction of sp³-hybridized carbons (Fsp3) is 0.167. The average Bonchev–Trinajstić information content (AvgIpc) is 2.70. The molecule has 0 bridgehead atoms. The minimum absolute atomic E-state index is 0.0243. The third-order valence-electron chi connectivity index (χ3n) is 2.65. The molecule has 18 heavy (non-hydrogen) atoms. The molecular weight excluding hydrogens is 316 g/mol. The lowest BCUT2D eigenvalue weighted by atomic mass is 9.91. The zero-order chi connectivity index (χ0) is 13.5. The van der Waals surface area contributed by atoms with Crippen molar-refractivity contribution in [2.24, 2.45) is 5.73 Å². The van der Waals surface area contributed by atoms with Crippen molar-refractivity contribution in [1.82, 2.24) is 0 Å². The Hall–Kier alpha value is -0.320. The van der Waals surface area contributed by atoms with Gasteiger partial charge in [-0.2, -0.15) is 0 Å². The van der Waals surface area contributed by atoms with E-state index >= 15 is 0 Å². The van der Waals surface area contributed by atoms with Crippen LogP contribution >= 0.6 is 46.1 Å². The maximum atomic E-state index is 13.5. The molecule has 0 aliphatic rings. The largest absolute Gasteiger partial charge is 0.317 e. The van der Waals surface area contributed by atoms with Gasteiger partial charge in [-0.05, 0) is 36.8 Å². The first-order valence-electron chi connectivity index (χ1n) is 5.02. The van der Waals surface area contributed by atoms with Gasteiger partial charge in [-0.1, -0.05) is 34.8 Å². The third-order valence-corrected chi connectivity index (χ3v) is 4.73. The molecular formula is C12H9Cl3FNS. The van der Waals surface area contributed by atoms with Gasteiger partial charge in [-0.15, -0.1) is 11.3 Å². The van der Waals surface area contributed by atoms with Gasteiger partial charge in [0.15, 0.2) is 0 Å². The summed E-state index contributed by atoms with van der Waals surface area (Å²) in [5, 5.41) is 0.305. The van der Waals surface area contributed by atoms with Crippen molar-refractivity contribution in [2.75, 3.05) is 0 Å². The number of halogens is 4. The molecule has 0 aliphatic heterocycles. The van der Waals surface area contributed by atoms with Crippen molar-refractivity contribution in [1.29, 1.82) is 0 Å². The molecule has 0 saturated carbocycles. The standard InChI is InChI=1S/C12H9Cl3FNS/c1-12(17,10-2-3-11(15)18-10)6-4-9(16)8(14)5-7(6)13/h2-5H,17H2,1H3.